The van der Waals surface area contributed by atoms with Gasteiger partial charge in [0.2, 0.25) is 0 Å². The summed E-state index contributed by atoms with van der Waals surface area (Å²) in [5.41, 5.74) is 0.858. The Morgan fingerprint density at radius 2 is 1.63 bits per heavy atom. The van der Waals surface area contributed by atoms with Gasteiger partial charge in [0.05, 0.1) is 17.4 Å². The van der Waals surface area contributed by atoms with Crippen molar-refractivity contribution in [2.75, 3.05) is 4.90 Å². The minimum Gasteiger partial charge on any atom is -0.456 e. The number of nitrogens with zero attached hydrogens (tertiary/aromatic N) is 3. The second-order valence-corrected chi connectivity index (χ2v) is 8.27. The monoisotopic (exact) mass is 493 g/mol. The molecule has 35 heavy (non-hydrogen) atoms. The second-order valence-electron chi connectivity index (χ2n) is 8.27. The molecule has 0 saturated carbocycles. The van der Waals surface area contributed by atoms with Crippen LogP contribution in [-0.4, -0.2) is 34.8 Å². The predicted octanol–water partition coefficient (Wildman–Crippen LogP) is 5.97. The number of hydrogen-bond donors (Lipinski definition) is 0. The lowest BCUT2D eigenvalue weighted by Crippen LogP contribution is -2.24. The minimum atomic E-state index is -3.27. The molecule has 186 valence electrons. The van der Waals surface area contributed by atoms with Crippen molar-refractivity contribution in [2.45, 2.75) is 46.1 Å². The molecule has 0 amide bonds. The number of ether oxygens (including phenoxy) is 3. The number of aromatic nitrogens is 2. The van der Waals surface area contributed by atoms with E-state index < -0.39 is 36.3 Å². The van der Waals surface area contributed by atoms with E-state index in [1.807, 2.05) is 0 Å². The molecule has 0 atom stereocenters. The number of benzene rings is 1. The maximum Gasteiger partial charge on any atom is 0.387 e. The van der Waals surface area contributed by atoms with E-state index in [0.717, 1.165) is 17.7 Å². The Bertz CT molecular complexity index is 1140. The Morgan fingerprint density at radius 3 is 2.26 bits per heavy atom. The van der Waals surface area contributed by atoms with Crippen LogP contribution in [-0.2, 0) is 11.3 Å². The molecule has 0 unspecified atom stereocenters. The first kappa shape index (κ1) is 25.7. The Labute approximate surface area is 199 Å². The van der Waals surface area contributed by atoms with Gasteiger partial charge in [-0.25, -0.2) is 4.79 Å². The van der Waals surface area contributed by atoms with Crippen LogP contribution in [0.15, 0.2) is 61.2 Å². The van der Waals surface area contributed by atoms with Crippen LogP contribution >= 0.6 is 0 Å². The van der Waals surface area contributed by atoms with Gasteiger partial charge >= 0.3 is 19.2 Å². The summed E-state index contributed by atoms with van der Waals surface area (Å²) in [6.45, 7) is -1.15. The molecular formula is C24H23F4N3O4. The van der Waals surface area contributed by atoms with Crippen LogP contribution in [0.4, 0.5) is 28.9 Å². The van der Waals surface area contributed by atoms with Gasteiger partial charge in [-0.05, 0) is 50.6 Å². The number of pyridine rings is 2. The van der Waals surface area contributed by atoms with Gasteiger partial charge in [-0.1, -0.05) is 6.07 Å². The number of esters is 1. The van der Waals surface area contributed by atoms with Gasteiger partial charge in [-0.2, -0.15) is 17.6 Å². The Balaban J connectivity index is 2.06. The van der Waals surface area contributed by atoms with Crippen molar-refractivity contribution in [3.05, 3.63) is 72.3 Å². The number of carbonyl (C=O) groups excluding carboxylic acids is 1. The molecule has 0 spiro atoms. The lowest BCUT2D eigenvalue weighted by molar-refractivity contribution is -0.0692. The molecule has 3 rings (SSSR count). The van der Waals surface area contributed by atoms with Crippen molar-refractivity contribution < 1.29 is 36.6 Å². The number of rotatable bonds is 9. The van der Waals surface area contributed by atoms with E-state index in [-0.39, 0.29) is 17.8 Å². The van der Waals surface area contributed by atoms with Gasteiger partial charge in [0, 0.05) is 36.9 Å². The summed E-state index contributed by atoms with van der Waals surface area (Å²) in [4.78, 5) is 22.4. The maximum atomic E-state index is 13.0. The average molecular weight is 493 g/mol. The van der Waals surface area contributed by atoms with E-state index in [1.165, 1.54) is 24.5 Å². The topological polar surface area (TPSA) is 73.8 Å². The SMILES string of the molecule is CC(C)(C)OC(=O)c1cncc(N(Cc2cccnc2)c2ccc(OC(F)F)c(OC(F)F)c2)c1. The first-order valence-corrected chi connectivity index (χ1v) is 10.4. The third kappa shape index (κ3) is 7.56. The van der Waals surface area contributed by atoms with E-state index in [2.05, 4.69) is 19.4 Å². The zero-order valence-corrected chi connectivity index (χ0v) is 19.1. The van der Waals surface area contributed by atoms with Gasteiger partial charge < -0.3 is 19.1 Å². The van der Waals surface area contributed by atoms with Gasteiger partial charge in [-0.15, -0.1) is 0 Å². The fourth-order valence-corrected chi connectivity index (χ4v) is 3.08. The van der Waals surface area contributed by atoms with Crippen LogP contribution in [0.5, 0.6) is 11.5 Å². The normalized spacial score (nSPS) is 11.5. The molecule has 2 heterocycles. The molecule has 0 fully saturated rings. The molecule has 2 aromatic heterocycles. The van der Waals surface area contributed by atoms with E-state index in [4.69, 9.17) is 4.74 Å². The lowest BCUT2D eigenvalue weighted by atomic mass is 10.1. The first-order valence-electron chi connectivity index (χ1n) is 10.4. The van der Waals surface area contributed by atoms with Gasteiger partial charge in [-0.3, -0.25) is 9.97 Å². The van der Waals surface area contributed by atoms with Gasteiger partial charge in [0.1, 0.15) is 5.60 Å². The number of halogens is 4. The highest BCUT2D eigenvalue weighted by atomic mass is 19.3. The lowest BCUT2D eigenvalue weighted by Gasteiger charge is -2.26. The predicted molar refractivity (Wildman–Crippen MR) is 119 cm³/mol. The van der Waals surface area contributed by atoms with Crippen molar-refractivity contribution >= 4 is 17.3 Å². The van der Waals surface area contributed by atoms with Crippen LogP contribution < -0.4 is 14.4 Å². The Morgan fingerprint density at radius 1 is 0.914 bits per heavy atom. The summed E-state index contributed by atoms with van der Waals surface area (Å²) in [6, 6.07) is 8.66. The van der Waals surface area contributed by atoms with Crippen LogP contribution in [0.2, 0.25) is 0 Å². The molecule has 0 aliphatic carbocycles. The highest BCUT2D eigenvalue weighted by Crippen LogP contribution is 2.37. The summed E-state index contributed by atoms with van der Waals surface area (Å²) in [5.74, 6) is -1.73. The second kappa shape index (κ2) is 11.0. The third-order valence-electron chi connectivity index (χ3n) is 4.40. The highest BCUT2D eigenvalue weighted by Gasteiger charge is 2.22. The summed E-state index contributed by atoms with van der Waals surface area (Å²) in [7, 11) is 0. The molecule has 0 aliphatic heterocycles. The summed E-state index contributed by atoms with van der Waals surface area (Å²) in [6.07, 6.45) is 5.98. The molecule has 0 saturated heterocycles. The van der Waals surface area contributed by atoms with Crippen molar-refractivity contribution in [3.8, 4) is 11.5 Å². The molecule has 7 nitrogen and oxygen atoms in total. The molecule has 11 heteroatoms. The average Bonchev–Trinajstić information content (AvgIpc) is 2.78. The summed E-state index contributed by atoms with van der Waals surface area (Å²) >= 11 is 0. The van der Waals surface area contributed by atoms with Crippen LogP contribution in [0, 0.1) is 0 Å². The molecule has 0 bridgehead atoms. The smallest absolute Gasteiger partial charge is 0.387 e. The van der Waals surface area contributed by atoms with E-state index >= 15 is 0 Å². The molecule has 0 radical (unpaired) electrons. The number of carbonyl (C=O) groups is 1. The maximum absolute atomic E-state index is 13.0. The van der Waals surface area contributed by atoms with Gasteiger partial charge in [0.15, 0.2) is 11.5 Å². The zero-order chi connectivity index (χ0) is 25.6. The first-order chi connectivity index (χ1) is 16.5. The third-order valence-corrected chi connectivity index (χ3v) is 4.40. The standard InChI is InChI=1S/C24H23F4N3O4/c1-24(2,3)35-21(32)16-9-18(13-30-12-16)31(14-15-5-4-8-29-11-15)17-6-7-19(33-22(25)26)20(10-17)34-23(27)28/h4-13,22-23H,14H2,1-3H3. The number of hydrogen-bond acceptors (Lipinski definition) is 7. The number of alkyl halides is 4. The van der Waals surface area contributed by atoms with E-state index in [9.17, 15) is 22.4 Å². The molecule has 1 aromatic carbocycles. The van der Waals surface area contributed by atoms with Crippen molar-refractivity contribution in [3.63, 3.8) is 0 Å². The molecule has 0 aliphatic rings. The number of anilines is 2. The van der Waals surface area contributed by atoms with Crippen molar-refractivity contribution in [1.82, 2.24) is 9.97 Å². The molecule has 0 N–H and O–H groups in total. The largest absolute Gasteiger partial charge is 0.456 e. The quantitative estimate of drug-likeness (QED) is 0.268. The van der Waals surface area contributed by atoms with Crippen LogP contribution in [0.25, 0.3) is 0 Å². The van der Waals surface area contributed by atoms with E-state index in [0.29, 0.717) is 5.69 Å². The Hall–Kier alpha value is -3.89. The Kier molecular flexibility index (Phi) is 8.10. The van der Waals surface area contributed by atoms with E-state index in [1.54, 1.807) is 50.2 Å². The molecular weight excluding hydrogens is 470 g/mol. The molecule has 3 aromatic rings. The van der Waals surface area contributed by atoms with Gasteiger partial charge in [0.25, 0.3) is 0 Å². The minimum absolute atomic E-state index is 0.162. The fraction of sp³-hybridized carbons (Fsp3) is 0.292. The van der Waals surface area contributed by atoms with Crippen LogP contribution in [0.1, 0.15) is 36.7 Å². The van der Waals surface area contributed by atoms with Crippen molar-refractivity contribution in [2.24, 2.45) is 0 Å². The highest BCUT2D eigenvalue weighted by molar-refractivity contribution is 5.90. The summed E-state index contributed by atoms with van der Waals surface area (Å²) in [5, 5.41) is 0. The van der Waals surface area contributed by atoms with Crippen molar-refractivity contribution in [1.29, 1.82) is 0 Å². The fourth-order valence-electron chi connectivity index (χ4n) is 3.08. The van der Waals surface area contributed by atoms with Crippen LogP contribution in [0.3, 0.4) is 0 Å². The zero-order valence-electron chi connectivity index (χ0n) is 19.1. The summed E-state index contributed by atoms with van der Waals surface area (Å²) < 4.78 is 65.6.